The predicted octanol–water partition coefficient (Wildman–Crippen LogP) is 3.23. The van der Waals surface area contributed by atoms with E-state index in [-0.39, 0.29) is 0 Å². The smallest absolute Gasteiger partial charge is 0.249 e. The second-order valence-corrected chi connectivity index (χ2v) is 10.9. The van der Waals surface area contributed by atoms with Crippen LogP contribution in [-0.4, -0.2) is 48.7 Å². The van der Waals surface area contributed by atoms with Crippen LogP contribution in [0.25, 0.3) is 0 Å². The highest BCUT2D eigenvalue weighted by Gasteiger charge is 2.29. The molecule has 154 valence electrons. The first-order valence-electron chi connectivity index (χ1n) is 8.65. The number of carbonyl (C=O) groups excluding carboxylic acids is 1. The molecule has 1 atom stereocenters. The van der Waals surface area contributed by atoms with Gasteiger partial charge < -0.3 is 4.74 Å². The van der Waals surface area contributed by atoms with Crippen molar-refractivity contribution >= 4 is 49.8 Å². The minimum atomic E-state index is -3.70. The zero-order valence-electron chi connectivity index (χ0n) is 16.4. The number of rotatable bonds is 9. The molecule has 28 heavy (non-hydrogen) atoms. The molecule has 0 aliphatic carbocycles. The molecule has 1 amide bonds. The predicted molar refractivity (Wildman–Crippen MR) is 114 cm³/mol. The Hall–Kier alpha value is -1.85. The standard InChI is InChI=1S/C17H24N4O4S3/c1-6-25-14-9-7-13(8-10-14)21(28(5,23)24)12(4)15(22)18-16-19-20-17(27-16)26-11(2)3/h7-12H,6H2,1-5H3,(H,18,19,22)/t12-/m0/s1. The average Bonchev–Trinajstić information content (AvgIpc) is 3.01. The summed E-state index contributed by atoms with van der Waals surface area (Å²) in [5, 5.41) is 11.3. The molecular weight excluding hydrogens is 420 g/mol. The van der Waals surface area contributed by atoms with Gasteiger partial charge in [0.25, 0.3) is 0 Å². The van der Waals surface area contributed by atoms with Gasteiger partial charge in [-0.15, -0.1) is 10.2 Å². The lowest BCUT2D eigenvalue weighted by Crippen LogP contribution is -2.45. The maximum atomic E-state index is 12.7. The summed E-state index contributed by atoms with van der Waals surface area (Å²) in [5.74, 6) is 0.136. The Balaban J connectivity index is 2.19. The SMILES string of the molecule is CCOc1ccc(N([C@@H](C)C(=O)Nc2nnc(SC(C)C)s2)S(C)(=O)=O)cc1. The molecule has 0 saturated carbocycles. The van der Waals surface area contributed by atoms with Crippen LogP contribution in [0.15, 0.2) is 28.6 Å². The quantitative estimate of drug-likeness (QED) is 0.468. The first kappa shape index (κ1) is 22.4. The van der Waals surface area contributed by atoms with E-state index in [4.69, 9.17) is 4.74 Å². The van der Waals surface area contributed by atoms with Crippen LogP contribution in [0, 0.1) is 0 Å². The Kier molecular flexibility index (Phi) is 7.67. The third-order valence-corrected chi connectivity index (χ3v) is 6.63. The second-order valence-electron chi connectivity index (χ2n) is 6.19. The van der Waals surface area contributed by atoms with Gasteiger partial charge in [-0.25, -0.2) is 8.42 Å². The number of benzene rings is 1. The molecule has 2 rings (SSSR count). The third-order valence-electron chi connectivity index (χ3n) is 3.46. The molecule has 1 aromatic heterocycles. The van der Waals surface area contributed by atoms with Crippen LogP contribution < -0.4 is 14.4 Å². The van der Waals surface area contributed by atoms with E-state index in [1.54, 1.807) is 36.0 Å². The van der Waals surface area contributed by atoms with Crippen molar-refractivity contribution in [3.8, 4) is 5.75 Å². The molecular formula is C17H24N4O4S3. The highest BCUT2D eigenvalue weighted by molar-refractivity contribution is 8.01. The molecule has 0 aliphatic heterocycles. The summed E-state index contributed by atoms with van der Waals surface area (Å²) in [4.78, 5) is 12.7. The third kappa shape index (κ3) is 6.08. The van der Waals surface area contributed by atoms with E-state index in [2.05, 4.69) is 15.5 Å². The molecule has 0 bridgehead atoms. The van der Waals surface area contributed by atoms with Crippen LogP contribution in [0.3, 0.4) is 0 Å². The lowest BCUT2D eigenvalue weighted by atomic mass is 10.2. The Morgan fingerprint density at radius 2 is 1.89 bits per heavy atom. The first-order valence-corrected chi connectivity index (χ1v) is 12.2. The van der Waals surface area contributed by atoms with Gasteiger partial charge in [0.15, 0.2) is 4.34 Å². The molecule has 0 aliphatic rings. The minimum Gasteiger partial charge on any atom is -0.494 e. The number of amides is 1. The fourth-order valence-electron chi connectivity index (χ4n) is 2.38. The zero-order valence-corrected chi connectivity index (χ0v) is 18.8. The zero-order chi connectivity index (χ0) is 20.9. The Morgan fingerprint density at radius 1 is 1.25 bits per heavy atom. The first-order chi connectivity index (χ1) is 13.1. The van der Waals surface area contributed by atoms with E-state index in [9.17, 15) is 13.2 Å². The van der Waals surface area contributed by atoms with Gasteiger partial charge in [-0.1, -0.05) is 36.9 Å². The van der Waals surface area contributed by atoms with Crippen LogP contribution in [-0.2, 0) is 14.8 Å². The van der Waals surface area contributed by atoms with Crippen LogP contribution >= 0.6 is 23.1 Å². The van der Waals surface area contributed by atoms with Crippen molar-refractivity contribution < 1.29 is 17.9 Å². The van der Waals surface area contributed by atoms with Crippen molar-refractivity contribution in [3.05, 3.63) is 24.3 Å². The fourth-order valence-corrected chi connectivity index (χ4v) is 5.54. The summed E-state index contributed by atoms with van der Waals surface area (Å²) in [7, 11) is -3.70. The van der Waals surface area contributed by atoms with Gasteiger partial charge in [0.2, 0.25) is 21.1 Å². The molecule has 0 spiro atoms. The van der Waals surface area contributed by atoms with E-state index in [0.717, 1.165) is 14.9 Å². The van der Waals surface area contributed by atoms with Crippen LogP contribution in [0.4, 0.5) is 10.8 Å². The largest absolute Gasteiger partial charge is 0.494 e. The number of carbonyl (C=O) groups is 1. The van der Waals surface area contributed by atoms with Crippen LogP contribution in [0.1, 0.15) is 27.7 Å². The summed E-state index contributed by atoms with van der Waals surface area (Å²) < 4.78 is 31.9. The van der Waals surface area contributed by atoms with Gasteiger partial charge >= 0.3 is 0 Å². The summed E-state index contributed by atoms with van der Waals surface area (Å²) in [6.45, 7) is 7.96. The van der Waals surface area contributed by atoms with E-state index in [1.807, 2.05) is 20.8 Å². The topological polar surface area (TPSA) is 101 Å². The Morgan fingerprint density at radius 3 is 2.43 bits per heavy atom. The fraction of sp³-hybridized carbons (Fsp3) is 0.471. The number of nitrogens with zero attached hydrogens (tertiary/aromatic N) is 3. The van der Waals surface area contributed by atoms with Crippen molar-refractivity contribution in [2.45, 2.75) is 43.3 Å². The number of thioether (sulfide) groups is 1. The molecule has 1 heterocycles. The van der Waals surface area contributed by atoms with Crippen molar-refractivity contribution in [2.24, 2.45) is 0 Å². The number of ether oxygens (including phenoxy) is 1. The lowest BCUT2D eigenvalue weighted by molar-refractivity contribution is -0.116. The lowest BCUT2D eigenvalue weighted by Gasteiger charge is -2.28. The van der Waals surface area contributed by atoms with Gasteiger partial charge in [0.05, 0.1) is 18.6 Å². The van der Waals surface area contributed by atoms with Crippen molar-refractivity contribution in [1.29, 1.82) is 0 Å². The molecule has 0 unspecified atom stereocenters. The molecule has 2 aromatic rings. The highest BCUT2D eigenvalue weighted by Crippen LogP contribution is 2.29. The maximum Gasteiger partial charge on any atom is 0.249 e. The number of hydrogen-bond acceptors (Lipinski definition) is 8. The molecule has 0 saturated heterocycles. The molecule has 11 heteroatoms. The van der Waals surface area contributed by atoms with Gasteiger partial charge in [0.1, 0.15) is 11.8 Å². The van der Waals surface area contributed by atoms with Crippen molar-refractivity contribution in [3.63, 3.8) is 0 Å². The van der Waals surface area contributed by atoms with E-state index >= 15 is 0 Å². The summed E-state index contributed by atoms with van der Waals surface area (Å²) in [5.41, 5.74) is 0.377. The average molecular weight is 445 g/mol. The number of aromatic nitrogens is 2. The molecule has 1 aromatic carbocycles. The maximum absolute atomic E-state index is 12.7. The number of anilines is 2. The number of hydrogen-bond donors (Lipinski definition) is 1. The Labute approximate surface area is 173 Å². The van der Waals surface area contributed by atoms with E-state index < -0.39 is 22.0 Å². The molecule has 8 nitrogen and oxygen atoms in total. The highest BCUT2D eigenvalue weighted by atomic mass is 32.2. The van der Waals surface area contributed by atoms with Crippen molar-refractivity contribution in [1.82, 2.24) is 10.2 Å². The van der Waals surface area contributed by atoms with Crippen LogP contribution in [0.2, 0.25) is 0 Å². The summed E-state index contributed by atoms with van der Waals surface area (Å²) >= 11 is 2.80. The monoisotopic (exact) mass is 444 g/mol. The van der Waals surface area contributed by atoms with E-state index in [1.165, 1.54) is 18.3 Å². The summed E-state index contributed by atoms with van der Waals surface area (Å²) in [6, 6.07) is 5.58. The van der Waals surface area contributed by atoms with Gasteiger partial charge in [0, 0.05) is 5.25 Å². The van der Waals surface area contributed by atoms with Gasteiger partial charge in [-0.3, -0.25) is 14.4 Å². The number of nitrogens with one attached hydrogen (secondary N) is 1. The molecule has 0 fully saturated rings. The molecule has 0 radical (unpaired) electrons. The molecule has 1 N–H and O–H groups in total. The Bertz CT molecular complexity index is 897. The number of sulfonamides is 1. The van der Waals surface area contributed by atoms with Crippen molar-refractivity contribution in [2.75, 3.05) is 22.5 Å². The normalized spacial score (nSPS) is 12.6. The second kappa shape index (κ2) is 9.57. The summed E-state index contributed by atoms with van der Waals surface area (Å²) in [6.07, 6.45) is 1.07. The van der Waals surface area contributed by atoms with E-state index in [0.29, 0.717) is 28.4 Å². The van der Waals surface area contributed by atoms with Crippen LogP contribution in [0.5, 0.6) is 5.75 Å². The minimum absolute atomic E-state index is 0.333. The van der Waals surface area contributed by atoms with Gasteiger partial charge in [-0.05, 0) is 38.1 Å². The van der Waals surface area contributed by atoms with Gasteiger partial charge in [-0.2, -0.15) is 0 Å².